The zero-order valence-corrected chi connectivity index (χ0v) is 8.68. The van der Waals surface area contributed by atoms with Gasteiger partial charge in [0.2, 0.25) is 5.82 Å². The number of benzene rings is 1. The lowest BCUT2D eigenvalue weighted by molar-refractivity contribution is 0.264. The summed E-state index contributed by atoms with van der Waals surface area (Å²) >= 11 is 1.01. The number of halogens is 2. The second-order valence-corrected chi connectivity index (χ2v) is 4.15. The number of thiazole rings is 1. The van der Waals surface area contributed by atoms with Gasteiger partial charge in [0, 0.05) is 5.38 Å². The Kier molecular flexibility index (Phi) is 1.88. The fourth-order valence-corrected chi connectivity index (χ4v) is 2.41. The van der Waals surface area contributed by atoms with Crippen LogP contribution in [0.1, 0.15) is 5.69 Å². The molecule has 0 aliphatic carbocycles. The number of aromatic nitrogens is 1. The van der Waals surface area contributed by atoms with Gasteiger partial charge in [-0.1, -0.05) is 11.3 Å². The van der Waals surface area contributed by atoms with Gasteiger partial charge in [-0.3, -0.25) is 9.36 Å². The Morgan fingerprint density at radius 1 is 1.38 bits per heavy atom. The normalized spacial score (nSPS) is 12.9. The van der Waals surface area contributed by atoms with E-state index in [4.69, 9.17) is 4.74 Å². The first kappa shape index (κ1) is 9.53. The van der Waals surface area contributed by atoms with Crippen molar-refractivity contribution in [1.29, 1.82) is 0 Å². The van der Waals surface area contributed by atoms with Crippen LogP contribution in [-0.2, 0) is 6.61 Å². The molecule has 0 saturated carbocycles. The van der Waals surface area contributed by atoms with Crippen molar-refractivity contribution >= 4 is 11.3 Å². The van der Waals surface area contributed by atoms with E-state index >= 15 is 0 Å². The molecule has 3 nitrogen and oxygen atoms in total. The molecule has 0 radical (unpaired) electrons. The lowest BCUT2D eigenvalue weighted by atomic mass is 10.2. The third-order valence-electron chi connectivity index (χ3n) is 2.40. The lowest BCUT2D eigenvalue weighted by Crippen LogP contribution is -2.21. The number of hydrogen-bond donors (Lipinski definition) is 0. The highest BCUT2D eigenvalue weighted by Crippen LogP contribution is 2.32. The zero-order chi connectivity index (χ0) is 11.3. The van der Waals surface area contributed by atoms with Crippen LogP contribution in [0, 0.1) is 11.6 Å². The van der Waals surface area contributed by atoms with Crippen LogP contribution in [-0.4, -0.2) is 4.57 Å². The van der Waals surface area contributed by atoms with Gasteiger partial charge in [0.25, 0.3) is 0 Å². The van der Waals surface area contributed by atoms with E-state index in [0.29, 0.717) is 5.69 Å². The molecule has 1 aromatic carbocycles. The minimum absolute atomic E-state index is 0.0755. The van der Waals surface area contributed by atoms with Gasteiger partial charge in [0.1, 0.15) is 6.61 Å². The molecule has 2 heterocycles. The lowest BCUT2D eigenvalue weighted by Gasteiger charge is -2.19. The molecule has 3 rings (SSSR count). The SMILES string of the molecule is O=c1scc2n1-c1ccc(F)c(F)c1OC2. The average Bonchev–Trinajstić information content (AvgIpc) is 2.66. The molecule has 0 amide bonds. The van der Waals surface area contributed by atoms with Crippen molar-refractivity contribution in [2.45, 2.75) is 6.61 Å². The van der Waals surface area contributed by atoms with Crippen molar-refractivity contribution in [1.82, 2.24) is 4.57 Å². The van der Waals surface area contributed by atoms with Gasteiger partial charge in [-0.05, 0) is 12.1 Å². The van der Waals surface area contributed by atoms with E-state index in [-0.39, 0.29) is 22.9 Å². The van der Waals surface area contributed by atoms with Crippen molar-refractivity contribution in [3.05, 3.63) is 44.5 Å². The van der Waals surface area contributed by atoms with Crippen LogP contribution in [0.3, 0.4) is 0 Å². The van der Waals surface area contributed by atoms with Gasteiger partial charge in [-0.2, -0.15) is 4.39 Å². The Labute approximate surface area is 92.5 Å². The monoisotopic (exact) mass is 241 g/mol. The Morgan fingerprint density at radius 2 is 2.19 bits per heavy atom. The van der Waals surface area contributed by atoms with E-state index < -0.39 is 11.6 Å². The molecular weight excluding hydrogens is 236 g/mol. The van der Waals surface area contributed by atoms with Crippen LogP contribution in [0.2, 0.25) is 0 Å². The Balaban J connectivity index is 2.37. The topological polar surface area (TPSA) is 31.2 Å². The first-order chi connectivity index (χ1) is 7.68. The summed E-state index contributed by atoms with van der Waals surface area (Å²) in [6.07, 6.45) is 0. The van der Waals surface area contributed by atoms with Gasteiger partial charge in [-0.25, -0.2) is 4.39 Å². The van der Waals surface area contributed by atoms with E-state index in [9.17, 15) is 13.6 Å². The fourth-order valence-electron chi connectivity index (χ4n) is 1.67. The molecule has 6 heteroatoms. The van der Waals surface area contributed by atoms with Crippen LogP contribution in [0.25, 0.3) is 5.69 Å². The number of hydrogen-bond acceptors (Lipinski definition) is 3. The van der Waals surface area contributed by atoms with E-state index in [0.717, 1.165) is 17.4 Å². The third kappa shape index (κ3) is 1.13. The van der Waals surface area contributed by atoms with Gasteiger partial charge >= 0.3 is 4.87 Å². The van der Waals surface area contributed by atoms with Crippen molar-refractivity contribution in [2.24, 2.45) is 0 Å². The highest BCUT2D eigenvalue weighted by atomic mass is 32.1. The summed E-state index contributed by atoms with van der Waals surface area (Å²) in [5.74, 6) is -2.24. The second-order valence-electron chi connectivity index (χ2n) is 3.33. The fraction of sp³-hybridized carbons (Fsp3) is 0.100. The number of ether oxygens (including phenoxy) is 1. The summed E-state index contributed by atoms with van der Waals surface area (Å²) in [4.78, 5) is 11.3. The van der Waals surface area contributed by atoms with Crippen LogP contribution in [0.5, 0.6) is 5.75 Å². The quantitative estimate of drug-likeness (QED) is 0.707. The third-order valence-corrected chi connectivity index (χ3v) is 3.17. The summed E-state index contributed by atoms with van der Waals surface area (Å²) < 4.78 is 32.8. The second kappa shape index (κ2) is 3.15. The van der Waals surface area contributed by atoms with Gasteiger partial charge in [0.05, 0.1) is 11.4 Å². The predicted molar refractivity (Wildman–Crippen MR) is 54.2 cm³/mol. The average molecular weight is 241 g/mol. The minimum atomic E-state index is -1.05. The Hall–Kier alpha value is -1.69. The number of rotatable bonds is 0. The summed E-state index contributed by atoms with van der Waals surface area (Å²) in [6, 6.07) is 2.32. The molecule has 0 bridgehead atoms. The maximum atomic E-state index is 13.4. The Bertz CT molecular complexity index is 632. The first-order valence-electron chi connectivity index (χ1n) is 4.49. The van der Waals surface area contributed by atoms with Gasteiger partial charge < -0.3 is 4.74 Å². The van der Waals surface area contributed by atoms with Gasteiger partial charge in [0.15, 0.2) is 11.6 Å². The molecule has 1 aliphatic heterocycles. The highest BCUT2D eigenvalue weighted by Gasteiger charge is 2.24. The standard InChI is InChI=1S/C10H5F2NO2S/c11-6-1-2-7-9(8(6)12)15-3-5-4-16-10(14)13(5)7/h1-2,4H,3H2. The maximum Gasteiger partial charge on any atom is 0.312 e. The molecule has 0 unspecified atom stereocenters. The molecule has 0 spiro atoms. The molecule has 16 heavy (non-hydrogen) atoms. The molecule has 1 aromatic heterocycles. The van der Waals surface area contributed by atoms with Crippen molar-refractivity contribution in [3.8, 4) is 11.4 Å². The largest absolute Gasteiger partial charge is 0.482 e. The summed E-state index contributed by atoms with van der Waals surface area (Å²) in [5.41, 5.74) is 0.903. The van der Waals surface area contributed by atoms with Crippen molar-refractivity contribution < 1.29 is 13.5 Å². The minimum Gasteiger partial charge on any atom is -0.482 e. The molecule has 2 aromatic rings. The summed E-state index contributed by atoms with van der Waals surface area (Å²) in [6.45, 7) is 0.0755. The smallest absolute Gasteiger partial charge is 0.312 e. The Morgan fingerprint density at radius 3 is 3.00 bits per heavy atom. The predicted octanol–water partition coefficient (Wildman–Crippen LogP) is 2.07. The van der Waals surface area contributed by atoms with Crippen LogP contribution < -0.4 is 9.61 Å². The summed E-state index contributed by atoms with van der Waals surface area (Å²) in [5, 5.41) is 1.65. The van der Waals surface area contributed by atoms with Crippen LogP contribution in [0.4, 0.5) is 8.78 Å². The first-order valence-corrected chi connectivity index (χ1v) is 5.37. The van der Waals surface area contributed by atoms with Crippen LogP contribution in [0.15, 0.2) is 22.3 Å². The molecule has 1 aliphatic rings. The van der Waals surface area contributed by atoms with Crippen molar-refractivity contribution in [2.75, 3.05) is 0 Å². The highest BCUT2D eigenvalue weighted by molar-refractivity contribution is 7.07. The molecular formula is C10H5F2NO2S. The van der Waals surface area contributed by atoms with Gasteiger partial charge in [-0.15, -0.1) is 0 Å². The number of nitrogens with zero attached hydrogens (tertiary/aromatic N) is 1. The molecule has 0 N–H and O–H groups in total. The molecule has 0 fully saturated rings. The molecule has 82 valence electrons. The van der Waals surface area contributed by atoms with E-state index in [2.05, 4.69) is 0 Å². The van der Waals surface area contributed by atoms with E-state index in [1.807, 2.05) is 0 Å². The number of fused-ring (bicyclic) bond motifs is 3. The van der Waals surface area contributed by atoms with E-state index in [1.54, 1.807) is 5.38 Å². The molecule has 0 atom stereocenters. The van der Waals surface area contributed by atoms with Crippen molar-refractivity contribution in [3.63, 3.8) is 0 Å². The van der Waals surface area contributed by atoms with E-state index in [1.165, 1.54) is 10.6 Å². The molecule has 0 saturated heterocycles. The summed E-state index contributed by atoms with van der Waals surface area (Å²) in [7, 11) is 0. The zero-order valence-electron chi connectivity index (χ0n) is 7.87. The van der Waals surface area contributed by atoms with Crippen LogP contribution >= 0.6 is 11.3 Å². The maximum absolute atomic E-state index is 13.4.